The van der Waals surface area contributed by atoms with Gasteiger partial charge in [0.05, 0.1) is 10.9 Å². The van der Waals surface area contributed by atoms with Gasteiger partial charge in [0.2, 0.25) is 5.91 Å². The second-order valence-corrected chi connectivity index (χ2v) is 11.0. The van der Waals surface area contributed by atoms with Crippen molar-refractivity contribution >= 4 is 39.8 Å². The van der Waals surface area contributed by atoms with E-state index in [0.717, 1.165) is 33.6 Å². The minimum absolute atomic E-state index is 0.0860. The number of hydrogen-bond acceptors (Lipinski definition) is 6. The normalized spacial score (nSPS) is 18.6. The summed E-state index contributed by atoms with van der Waals surface area (Å²) in [4.78, 5) is 21.9. The first-order valence-electron chi connectivity index (χ1n) is 10.7. The molecule has 1 saturated heterocycles. The molecule has 4 rings (SSSR count). The van der Waals surface area contributed by atoms with Gasteiger partial charge in [-0.1, -0.05) is 26.0 Å². The summed E-state index contributed by atoms with van der Waals surface area (Å²) >= 11 is 3.15. The molecule has 5 nitrogen and oxygen atoms in total. The van der Waals surface area contributed by atoms with Crippen molar-refractivity contribution < 1.29 is 9.90 Å². The first-order valence-corrected chi connectivity index (χ1v) is 12.5. The summed E-state index contributed by atoms with van der Waals surface area (Å²) in [5.41, 5.74) is 5.92. The maximum atomic E-state index is 13.1. The van der Waals surface area contributed by atoms with Gasteiger partial charge in [0.1, 0.15) is 11.1 Å². The van der Waals surface area contributed by atoms with Crippen molar-refractivity contribution in [2.45, 2.75) is 44.2 Å². The molecule has 168 valence electrons. The average Bonchev–Trinajstić information content (AvgIpc) is 3.32. The molecule has 1 N–H and O–H groups in total. The Morgan fingerprint density at radius 2 is 1.84 bits per heavy atom. The minimum atomic E-state index is -0.121. The second-order valence-electron chi connectivity index (χ2n) is 8.72. The van der Waals surface area contributed by atoms with E-state index in [4.69, 9.17) is 4.98 Å². The Balaban J connectivity index is 1.70. The fourth-order valence-electron chi connectivity index (χ4n) is 3.93. The number of aryl methyl sites for hydroxylation is 1. The van der Waals surface area contributed by atoms with Crippen LogP contribution in [0.4, 0.5) is 10.8 Å². The molecule has 3 aromatic rings. The maximum Gasteiger partial charge on any atom is 0.242 e. The van der Waals surface area contributed by atoms with Gasteiger partial charge in [-0.2, -0.15) is 0 Å². The number of phenols is 1. The van der Waals surface area contributed by atoms with E-state index in [2.05, 4.69) is 43.0 Å². The lowest BCUT2D eigenvalue weighted by Gasteiger charge is -2.22. The summed E-state index contributed by atoms with van der Waals surface area (Å²) in [7, 11) is 4.04. The number of hydrogen-bond donors (Lipinski definition) is 1. The third-order valence-corrected chi connectivity index (χ3v) is 8.01. The van der Waals surface area contributed by atoms with Gasteiger partial charge in [-0.15, -0.1) is 23.1 Å². The third kappa shape index (κ3) is 4.11. The van der Waals surface area contributed by atoms with Crippen molar-refractivity contribution in [1.29, 1.82) is 0 Å². The average molecular weight is 468 g/mol. The van der Waals surface area contributed by atoms with Crippen LogP contribution in [0.3, 0.4) is 0 Å². The molecule has 0 bridgehead atoms. The summed E-state index contributed by atoms with van der Waals surface area (Å²) < 4.78 is 0. The number of carbonyl (C=O) groups is 1. The van der Waals surface area contributed by atoms with Crippen LogP contribution in [0.5, 0.6) is 5.75 Å². The molecule has 0 radical (unpaired) electrons. The van der Waals surface area contributed by atoms with Crippen molar-refractivity contribution in [2.24, 2.45) is 0 Å². The number of carbonyl (C=O) groups excluding carboxylic acids is 1. The maximum absolute atomic E-state index is 13.1. The van der Waals surface area contributed by atoms with Crippen LogP contribution in [-0.4, -0.2) is 35.3 Å². The first kappa shape index (κ1) is 22.7. The number of phenolic OH excluding ortho intramolecular Hbond substituents is 1. The SMILES string of the molecule is Cc1cc(O)c(C(C)C)cc1-c1csc(N2C(=O)C(C)SC2c2ccc(N(C)C)cc2)n1. The summed E-state index contributed by atoms with van der Waals surface area (Å²) in [5, 5.41) is 12.8. The van der Waals surface area contributed by atoms with Crippen molar-refractivity contribution in [3.63, 3.8) is 0 Å². The van der Waals surface area contributed by atoms with Gasteiger partial charge in [0.25, 0.3) is 0 Å². The van der Waals surface area contributed by atoms with Gasteiger partial charge in [-0.3, -0.25) is 9.69 Å². The topological polar surface area (TPSA) is 56.7 Å². The number of thioether (sulfide) groups is 1. The van der Waals surface area contributed by atoms with Crippen LogP contribution in [0.25, 0.3) is 11.3 Å². The molecule has 2 heterocycles. The monoisotopic (exact) mass is 467 g/mol. The number of amides is 1. The first-order chi connectivity index (χ1) is 15.2. The molecule has 1 amide bonds. The van der Waals surface area contributed by atoms with Gasteiger partial charge in [0.15, 0.2) is 5.13 Å². The van der Waals surface area contributed by atoms with Crippen molar-refractivity contribution in [2.75, 3.05) is 23.9 Å². The highest BCUT2D eigenvalue weighted by molar-refractivity contribution is 8.01. The molecule has 2 aromatic carbocycles. The standard InChI is InChI=1S/C25H29N3O2S2/c1-14(2)19-12-20(15(3)11-22(19)29)21-13-31-25(26-21)28-23(30)16(4)32-24(28)17-7-9-18(10-8-17)27(5)6/h7-14,16,24,29H,1-6H3. The van der Waals surface area contributed by atoms with Crippen LogP contribution in [0.2, 0.25) is 0 Å². The third-order valence-electron chi connectivity index (χ3n) is 5.82. The Bertz CT molecular complexity index is 1140. The lowest BCUT2D eigenvalue weighted by molar-refractivity contribution is -0.117. The number of aromatic hydroxyl groups is 1. The molecular formula is C25H29N3O2S2. The predicted molar refractivity (Wildman–Crippen MR) is 136 cm³/mol. The van der Waals surface area contributed by atoms with Crippen molar-refractivity contribution in [1.82, 2.24) is 4.98 Å². The highest BCUT2D eigenvalue weighted by Gasteiger charge is 2.41. The summed E-state index contributed by atoms with van der Waals surface area (Å²) in [6.07, 6.45) is 0. The van der Waals surface area contributed by atoms with Crippen LogP contribution in [0.1, 0.15) is 48.8 Å². The Morgan fingerprint density at radius 1 is 1.16 bits per heavy atom. The molecule has 1 fully saturated rings. The molecule has 32 heavy (non-hydrogen) atoms. The summed E-state index contributed by atoms with van der Waals surface area (Å²) in [5.74, 6) is 0.611. The lowest BCUT2D eigenvalue weighted by Crippen LogP contribution is -2.30. The van der Waals surface area contributed by atoms with E-state index in [1.54, 1.807) is 17.8 Å². The van der Waals surface area contributed by atoms with E-state index < -0.39 is 0 Å². The molecule has 0 aliphatic carbocycles. The Labute approximate surface area is 198 Å². The van der Waals surface area contributed by atoms with Crippen LogP contribution in [0, 0.1) is 6.92 Å². The molecule has 0 saturated carbocycles. The van der Waals surface area contributed by atoms with E-state index in [9.17, 15) is 9.90 Å². The summed E-state index contributed by atoms with van der Waals surface area (Å²) in [6.45, 7) is 8.07. The van der Waals surface area contributed by atoms with Gasteiger partial charge in [-0.05, 0) is 60.7 Å². The van der Waals surface area contributed by atoms with E-state index in [0.29, 0.717) is 10.9 Å². The van der Waals surface area contributed by atoms with Gasteiger partial charge >= 0.3 is 0 Å². The smallest absolute Gasteiger partial charge is 0.242 e. The Hall–Kier alpha value is -2.51. The van der Waals surface area contributed by atoms with Crippen LogP contribution in [-0.2, 0) is 4.79 Å². The highest BCUT2D eigenvalue weighted by atomic mass is 32.2. The Morgan fingerprint density at radius 3 is 2.47 bits per heavy atom. The molecule has 2 atom stereocenters. The highest BCUT2D eigenvalue weighted by Crippen LogP contribution is 2.47. The van der Waals surface area contributed by atoms with Crippen molar-refractivity contribution in [3.8, 4) is 17.0 Å². The molecule has 1 aliphatic heterocycles. The van der Waals surface area contributed by atoms with Gasteiger partial charge in [-0.25, -0.2) is 4.98 Å². The zero-order valence-corrected chi connectivity index (χ0v) is 20.9. The zero-order chi connectivity index (χ0) is 23.2. The molecule has 0 spiro atoms. The number of nitrogens with zero attached hydrogens (tertiary/aromatic N) is 3. The van der Waals surface area contributed by atoms with E-state index in [-0.39, 0.29) is 22.4 Å². The molecule has 1 aromatic heterocycles. The zero-order valence-electron chi connectivity index (χ0n) is 19.3. The largest absolute Gasteiger partial charge is 0.508 e. The van der Waals surface area contributed by atoms with E-state index >= 15 is 0 Å². The van der Waals surface area contributed by atoms with Crippen LogP contribution in [0.15, 0.2) is 41.8 Å². The van der Waals surface area contributed by atoms with Crippen molar-refractivity contribution in [3.05, 3.63) is 58.5 Å². The number of benzene rings is 2. The fourth-order valence-corrected chi connectivity index (χ4v) is 6.11. The lowest BCUT2D eigenvalue weighted by atomic mass is 9.95. The number of thiazole rings is 1. The van der Waals surface area contributed by atoms with Gasteiger partial charge < -0.3 is 10.0 Å². The Kier molecular flexibility index (Phi) is 6.23. The van der Waals surface area contributed by atoms with Gasteiger partial charge in [0, 0.05) is 30.7 Å². The molecule has 2 unspecified atom stereocenters. The minimum Gasteiger partial charge on any atom is -0.508 e. The van der Waals surface area contributed by atoms with E-state index in [1.807, 2.05) is 44.3 Å². The molecule has 1 aliphatic rings. The molecule has 7 heteroatoms. The second kappa shape index (κ2) is 8.79. The van der Waals surface area contributed by atoms with Crippen LogP contribution >= 0.6 is 23.1 Å². The predicted octanol–water partition coefficient (Wildman–Crippen LogP) is 6.18. The van der Waals surface area contributed by atoms with E-state index in [1.165, 1.54) is 11.3 Å². The number of rotatable bonds is 5. The quantitative estimate of drug-likeness (QED) is 0.485. The fraction of sp³-hybridized carbons (Fsp3) is 0.360. The number of aromatic nitrogens is 1. The number of anilines is 2. The summed E-state index contributed by atoms with van der Waals surface area (Å²) in [6, 6.07) is 12.2. The molecular weight excluding hydrogens is 438 g/mol. The van der Waals surface area contributed by atoms with Crippen LogP contribution < -0.4 is 9.80 Å².